The zero-order valence-corrected chi connectivity index (χ0v) is 11.2. The second kappa shape index (κ2) is 7.50. The Kier molecular flexibility index (Phi) is 6.30. The van der Waals surface area contributed by atoms with Crippen molar-refractivity contribution >= 4 is 47.1 Å². The molecule has 2 heterocycles. The second-order valence-corrected chi connectivity index (χ2v) is 4.92. The Morgan fingerprint density at radius 2 is 1.95 bits per heavy atom. The van der Waals surface area contributed by atoms with E-state index in [1.165, 1.54) is 29.3 Å². The summed E-state index contributed by atoms with van der Waals surface area (Å²) in [6.07, 6.45) is 3.05. The summed E-state index contributed by atoms with van der Waals surface area (Å²) in [6, 6.07) is 6.21. The fourth-order valence-corrected chi connectivity index (χ4v) is 2.11. The van der Waals surface area contributed by atoms with E-state index in [1.807, 2.05) is 0 Å². The molecule has 0 fully saturated rings. The van der Waals surface area contributed by atoms with E-state index in [0.29, 0.717) is 0 Å². The molecule has 20 heavy (non-hydrogen) atoms. The topological polar surface area (TPSA) is 78.3 Å². The first-order valence-electron chi connectivity index (χ1n) is 5.19. The average Bonchev–Trinajstić information content (AvgIpc) is 2.83. The van der Waals surface area contributed by atoms with Crippen LogP contribution < -0.4 is 4.84 Å². The molecular weight excluding hydrogens is 299 g/mol. The third-order valence-electron chi connectivity index (χ3n) is 2.20. The Morgan fingerprint density at radius 1 is 1.30 bits per heavy atom. The Morgan fingerprint density at radius 3 is 2.55 bits per heavy atom. The molecule has 9 heteroatoms. The Labute approximate surface area is 133 Å². The van der Waals surface area contributed by atoms with Crippen molar-refractivity contribution in [3.05, 3.63) is 53.1 Å². The van der Waals surface area contributed by atoms with E-state index in [2.05, 4.69) is 4.98 Å². The van der Waals surface area contributed by atoms with E-state index in [9.17, 15) is 13.2 Å². The zero-order chi connectivity index (χ0) is 13.8. The first kappa shape index (κ1) is 16.8. The van der Waals surface area contributed by atoms with Gasteiger partial charge in [-0.15, -0.1) is 0 Å². The third kappa shape index (κ3) is 4.39. The summed E-state index contributed by atoms with van der Waals surface area (Å²) in [7, 11) is -2.68. The van der Waals surface area contributed by atoms with Crippen LogP contribution in [0.25, 0.3) is 0 Å². The summed E-state index contributed by atoms with van der Waals surface area (Å²) in [4.78, 5) is 20.7. The molecular formula is C11H10ClLiN2O4S. The van der Waals surface area contributed by atoms with Crippen molar-refractivity contribution in [3.63, 3.8) is 0 Å². The maximum absolute atomic E-state index is 11.9. The van der Waals surface area contributed by atoms with Gasteiger partial charge in [0.05, 0.1) is 5.75 Å². The number of pyridine rings is 1. The molecule has 0 N–H and O–H groups in total. The summed E-state index contributed by atoms with van der Waals surface area (Å²) in [5, 5.41) is 0.0873. The molecule has 102 valence electrons. The van der Waals surface area contributed by atoms with Crippen molar-refractivity contribution in [2.75, 3.05) is 0 Å². The molecule has 0 radical (unpaired) electrons. The molecule has 0 saturated carbocycles. The number of hydrogen-bond acceptors (Lipinski definition) is 5. The first-order chi connectivity index (χ1) is 9.06. The number of thiol groups is 1. The van der Waals surface area contributed by atoms with E-state index >= 15 is 0 Å². The van der Waals surface area contributed by atoms with Gasteiger partial charge in [0.1, 0.15) is 15.9 Å². The summed E-state index contributed by atoms with van der Waals surface area (Å²) < 4.78 is 22.7. The van der Waals surface area contributed by atoms with E-state index in [-0.39, 0.29) is 41.0 Å². The molecule has 2 aromatic heterocycles. The standard InChI is InChI=1S/C11H9ClN2O4S.Li.H/c12-9-4-3-8(7-19(16)17)10(13-9)11(15)18-14-5-1-2-6-14;;/h1-6,19H,7H2;;. The number of halogens is 1. The number of carbonyl (C=O) groups excluding carboxylic acids is 1. The molecule has 0 aliphatic carbocycles. The number of rotatable bonds is 4. The molecule has 0 aliphatic heterocycles. The Balaban J connectivity index is 0.00000200. The minimum atomic E-state index is -2.68. The normalized spacial score (nSPS) is 10.1. The van der Waals surface area contributed by atoms with Crippen LogP contribution in [0.3, 0.4) is 0 Å². The van der Waals surface area contributed by atoms with Crippen LogP contribution in [0, 0.1) is 0 Å². The van der Waals surface area contributed by atoms with Crippen LogP contribution in [-0.2, 0) is 16.5 Å². The summed E-state index contributed by atoms with van der Waals surface area (Å²) in [5.41, 5.74) is 0.137. The maximum atomic E-state index is 11.9. The van der Waals surface area contributed by atoms with Gasteiger partial charge in [-0.05, 0) is 18.2 Å². The van der Waals surface area contributed by atoms with Gasteiger partial charge in [0, 0.05) is 18.0 Å². The molecule has 0 aliphatic rings. The van der Waals surface area contributed by atoms with Gasteiger partial charge in [-0.2, -0.15) is 4.73 Å². The van der Waals surface area contributed by atoms with Crippen LogP contribution in [0.2, 0.25) is 5.15 Å². The van der Waals surface area contributed by atoms with Crippen molar-refractivity contribution in [2.24, 2.45) is 0 Å². The SMILES string of the molecule is O=C(On1cccc1)c1nc(Cl)ccc1C[SH](=O)=O.[LiH]. The fourth-order valence-electron chi connectivity index (χ4n) is 1.43. The first-order valence-corrected chi connectivity index (χ1v) is 6.93. The van der Waals surface area contributed by atoms with Crippen LogP contribution in [-0.4, -0.2) is 43.0 Å². The third-order valence-corrected chi connectivity index (χ3v) is 3.01. The van der Waals surface area contributed by atoms with E-state index in [4.69, 9.17) is 16.4 Å². The molecule has 0 saturated heterocycles. The zero-order valence-electron chi connectivity index (χ0n) is 9.52. The molecule has 0 amide bonds. The monoisotopic (exact) mass is 308 g/mol. The number of aromatic nitrogens is 2. The molecule has 0 unspecified atom stereocenters. The predicted octanol–water partition coefficient (Wildman–Crippen LogP) is 0.268. The van der Waals surface area contributed by atoms with Gasteiger partial charge in [0.15, 0.2) is 5.69 Å². The van der Waals surface area contributed by atoms with Crippen LogP contribution in [0.15, 0.2) is 36.7 Å². The minimum absolute atomic E-state index is 0. The molecule has 0 atom stereocenters. The summed E-state index contributed by atoms with van der Waals surface area (Å²) in [5.74, 6) is -1.07. The van der Waals surface area contributed by atoms with E-state index < -0.39 is 16.7 Å². The van der Waals surface area contributed by atoms with Crippen molar-refractivity contribution in [2.45, 2.75) is 5.75 Å². The predicted molar refractivity (Wildman–Crippen MR) is 75.8 cm³/mol. The molecule has 0 bridgehead atoms. The molecule has 6 nitrogen and oxygen atoms in total. The number of nitrogens with zero attached hydrogens (tertiary/aromatic N) is 2. The van der Waals surface area contributed by atoms with E-state index in [1.54, 1.807) is 12.1 Å². The van der Waals surface area contributed by atoms with Crippen molar-refractivity contribution in [1.29, 1.82) is 0 Å². The number of hydrogen-bond donors (Lipinski definition) is 1. The molecule has 2 aromatic rings. The molecule has 2 rings (SSSR count). The molecule has 0 aromatic carbocycles. The Bertz CT molecular complexity index is 665. The van der Waals surface area contributed by atoms with Gasteiger partial charge >= 0.3 is 24.8 Å². The van der Waals surface area contributed by atoms with Gasteiger partial charge in [-0.1, -0.05) is 17.7 Å². The van der Waals surface area contributed by atoms with Crippen LogP contribution in [0.5, 0.6) is 0 Å². The quantitative estimate of drug-likeness (QED) is 0.498. The van der Waals surface area contributed by atoms with Gasteiger partial charge in [0.2, 0.25) is 0 Å². The van der Waals surface area contributed by atoms with E-state index in [0.717, 1.165) is 0 Å². The van der Waals surface area contributed by atoms with Gasteiger partial charge < -0.3 is 4.84 Å². The number of carbonyl (C=O) groups is 1. The van der Waals surface area contributed by atoms with Crippen molar-refractivity contribution in [3.8, 4) is 0 Å². The van der Waals surface area contributed by atoms with Crippen LogP contribution in [0.1, 0.15) is 16.1 Å². The second-order valence-electron chi connectivity index (χ2n) is 3.55. The average molecular weight is 309 g/mol. The Hall–Kier alpha value is -1.26. The van der Waals surface area contributed by atoms with Crippen molar-refractivity contribution in [1.82, 2.24) is 9.71 Å². The van der Waals surface area contributed by atoms with Gasteiger partial charge in [-0.25, -0.2) is 18.2 Å². The summed E-state index contributed by atoms with van der Waals surface area (Å²) >= 11 is 5.70. The fraction of sp³-hybridized carbons (Fsp3) is 0.0909. The molecule has 0 spiro atoms. The van der Waals surface area contributed by atoms with Gasteiger partial charge in [-0.3, -0.25) is 0 Å². The van der Waals surface area contributed by atoms with Gasteiger partial charge in [0.25, 0.3) is 0 Å². The summed E-state index contributed by atoms with van der Waals surface area (Å²) in [6.45, 7) is 0. The van der Waals surface area contributed by atoms with Crippen LogP contribution >= 0.6 is 11.6 Å². The van der Waals surface area contributed by atoms with Crippen LogP contribution in [0.4, 0.5) is 0 Å². The van der Waals surface area contributed by atoms with Crippen molar-refractivity contribution < 1.29 is 18.0 Å².